The first-order chi connectivity index (χ1) is 12.8. The largest absolute Gasteiger partial charge is 0.378 e. The van der Waals surface area contributed by atoms with Crippen LogP contribution in [0.15, 0.2) is 42.7 Å². The standard InChI is InChI=1S/C20H21ClN4O/c21-17-18(23-25-10-2-9-22-19(17)25)20(7-1-8-20)15-3-5-16(6-4-15)24-11-13-26-14-12-24/h2-6,9-10H,1,7-8,11-14H2. The Morgan fingerprint density at radius 3 is 2.50 bits per heavy atom. The second-order valence-corrected chi connectivity index (χ2v) is 7.51. The van der Waals surface area contributed by atoms with E-state index in [1.54, 1.807) is 10.7 Å². The van der Waals surface area contributed by atoms with Gasteiger partial charge in [-0.15, -0.1) is 0 Å². The van der Waals surface area contributed by atoms with Crippen LogP contribution in [-0.2, 0) is 10.2 Å². The van der Waals surface area contributed by atoms with Crippen molar-refractivity contribution in [1.82, 2.24) is 14.6 Å². The van der Waals surface area contributed by atoms with Gasteiger partial charge in [0.25, 0.3) is 0 Å². The monoisotopic (exact) mass is 368 g/mol. The predicted octanol–water partition coefficient (Wildman–Crippen LogP) is 3.69. The summed E-state index contributed by atoms with van der Waals surface area (Å²) >= 11 is 6.69. The van der Waals surface area contributed by atoms with Crippen molar-refractivity contribution >= 4 is 22.9 Å². The summed E-state index contributed by atoms with van der Waals surface area (Å²) < 4.78 is 7.24. The van der Waals surface area contributed by atoms with Crippen molar-refractivity contribution in [1.29, 1.82) is 0 Å². The van der Waals surface area contributed by atoms with Gasteiger partial charge in [-0.05, 0) is 36.6 Å². The third kappa shape index (κ3) is 2.42. The van der Waals surface area contributed by atoms with E-state index in [0.717, 1.165) is 50.5 Å². The second-order valence-electron chi connectivity index (χ2n) is 7.13. The van der Waals surface area contributed by atoms with E-state index in [1.807, 2.05) is 12.3 Å². The zero-order chi connectivity index (χ0) is 17.6. The molecule has 1 aliphatic carbocycles. The minimum Gasteiger partial charge on any atom is -0.378 e. The van der Waals surface area contributed by atoms with Crippen LogP contribution in [0.5, 0.6) is 0 Å². The number of nitrogens with zero attached hydrogens (tertiary/aromatic N) is 4. The van der Waals surface area contributed by atoms with E-state index in [1.165, 1.54) is 17.7 Å². The lowest BCUT2D eigenvalue weighted by Gasteiger charge is -2.41. The maximum atomic E-state index is 6.69. The van der Waals surface area contributed by atoms with Crippen molar-refractivity contribution in [3.05, 3.63) is 59.0 Å². The quantitative estimate of drug-likeness (QED) is 0.707. The summed E-state index contributed by atoms with van der Waals surface area (Å²) in [5.41, 5.74) is 4.16. The van der Waals surface area contributed by atoms with Crippen LogP contribution in [0, 0.1) is 0 Å². The third-order valence-electron chi connectivity index (χ3n) is 5.80. The van der Waals surface area contributed by atoms with Crippen molar-refractivity contribution < 1.29 is 4.74 Å². The molecule has 0 amide bonds. The third-order valence-corrected chi connectivity index (χ3v) is 6.14. The maximum absolute atomic E-state index is 6.69. The molecule has 6 heteroatoms. The fourth-order valence-corrected chi connectivity index (χ4v) is 4.52. The van der Waals surface area contributed by atoms with Crippen LogP contribution in [0.3, 0.4) is 0 Å². The van der Waals surface area contributed by atoms with Crippen LogP contribution in [0.25, 0.3) is 5.65 Å². The molecule has 2 fully saturated rings. The molecule has 26 heavy (non-hydrogen) atoms. The highest BCUT2D eigenvalue weighted by atomic mass is 35.5. The molecule has 1 saturated carbocycles. The highest BCUT2D eigenvalue weighted by molar-refractivity contribution is 6.34. The van der Waals surface area contributed by atoms with Crippen LogP contribution in [0.1, 0.15) is 30.5 Å². The number of anilines is 1. The van der Waals surface area contributed by atoms with Gasteiger partial charge in [0.05, 0.1) is 18.9 Å². The molecule has 1 aliphatic heterocycles. The van der Waals surface area contributed by atoms with E-state index in [4.69, 9.17) is 21.4 Å². The van der Waals surface area contributed by atoms with Gasteiger partial charge in [0.15, 0.2) is 5.65 Å². The number of aromatic nitrogens is 3. The molecule has 5 rings (SSSR count). The first-order valence-electron chi connectivity index (χ1n) is 9.20. The number of hydrogen-bond acceptors (Lipinski definition) is 4. The highest BCUT2D eigenvalue weighted by Gasteiger charge is 2.44. The Hall–Kier alpha value is -2.11. The molecule has 134 valence electrons. The number of rotatable bonds is 3. The maximum Gasteiger partial charge on any atom is 0.174 e. The van der Waals surface area contributed by atoms with Gasteiger partial charge >= 0.3 is 0 Å². The van der Waals surface area contributed by atoms with Crippen LogP contribution in [0.4, 0.5) is 5.69 Å². The number of hydrogen-bond donors (Lipinski definition) is 0. The van der Waals surface area contributed by atoms with Crippen molar-refractivity contribution in [2.24, 2.45) is 0 Å². The van der Waals surface area contributed by atoms with Crippen molar-refractivity contribution in [3.63, 3.8) is 0 Å². The number of benzene rings is 1. The first-order valence-corrected chi connectivity index (χ1v) is 9.58. The summed E-state index contributed by atoms with van der Waals surface area (Å²) in [5, 5.41) is 5.47. The minimum atomic E-state index is -0.0890. The van der Waals surface area contributed by atoms with Gasteiger partial charge in [0.1, 0.15) is 5.02 Å². The molecule has 3 heterocycles. The van der Waals surface area contributed by atoms with Gasteiger partial charge in [-0.2, -0.15) is 5.10 Å². The Morgan fingerprint density at radius 2 is 1.85 bits per heavy atom. The fraction of sp³-hybridized carbons (Fsp3) is 0.400. The van der Waals surface area contributed by atoms with Crippen molar-refractivity contribution in [3.8, 4) is 0 Å². The number of halogens is 1. The zero-order valence-electron chi connectivity index (χ0n) is 14.6. The van der Waals surface area contributed by atoms with E-state index in [2.05, 4.69) is 34.1 Å². The molecule has 0 unspecified atom stereocenters. The van der Waals surface area contributed by atoms with Crippen molar-refractivity contribution in [2.75, 3.05) is 31.2 Å². The van der Waals surface area contributed by atoms with Gasteiger partial charge in [0, 0.05) is 36.6 Å². The average Bonchev–Trinajstić information content (AvgIpc) is 3.00. The van der Waals surface area contributed by atoms with Gasteiger partial charge < -0.3 is 9.64 Å². The Balaban J connectivity index is 1.53. The lowest BCUT2D eigenvalue weighted by Crippen LogP contribution is -2.37. The highest BCUT2D eigenvalue weighted by Crippen LogP contribution is 2.51. The summed E-state index contributed by atoms with van der Waals surface area (Å²) in [5.74, 6) is 0. The molecular weight excluding hydrogens is 348 g/mol. The Bertz CT molecular complexity index is 927. The molecule has 1 aromatic carbocycles. The normalized spacial score (nSPS) is 19.5. The van der Waals surface area contributed by atoms with Gasteiger partial charge in [-0.1, -0.05) is 30.2 Å². The number of fused-ring (bicyclic) bond motifs is 1. The molecule has 0 N–H and O–H groups in total. The molecule has 3 aromatic rings. The zero-order valence-corrected chi connectivity index (χ0v) is 15.3. The second kappa shape index (κ2) is 6.25. The molecule has 1 saturated heterocycles. The van der Waals surface area contributed by atoms with E-state index < -0.39 is 0 Å². The molecule has 2 aliphatic rings. The molecular formula is C20H21ClN4O. The van der Waals surface area contributed by atoms with Crippen LogP contribution in [-0.4, -0.2) is 40.9 Å². The predicted molar refractivity (Wildman–Crippen MR) is 102 cm³/mol. The molecule has 0 radical (unpaired) electrons. The SMILES string of the molecule is Clc1c(C2(c3ccc(N4CCOCC4)cc3)CCC2)nn2cccnc12. The molecule has 5 nitrogen and oxygen atoms in total. The van der Waals surface area contributed by atoms with Crippen LogP contribution in [0.2, 0.25) is 5.02 Å². The van der Waals surface area contributed by atoms with Crippen LogP contribution < -0.4 is 4.90 Å². The lowest BCUT2D eigenvalue weighted by atomic mass is 9.62. The van der Waals surface area contributed by atoms with E-state index in [0.29, 0.717) is 5.02 Å². The molecule has 2 aromatic heterocycles. The smallest absolute Gasteiger partial charge is 0.174 e. The summed E-state index contributed by atoms with van der Waals surface area (Å²) in [7, 11) is 0. The van der Waals surface area contributed by atoms with Gasteiger partial charge in [-0.25, -0.2) is 9.50 Å². The Morgan fingerprint density at radius 1 is 1.08 bits per heavy atom. The van der Waals surface area contributed by atoms with E-state index >= 15 is 0 Å². The Kier molecular flexibility index (Phi) is 3.87. The molecule has 0 atom stereocenters. The van der Waals surface area contributed by atoms with Crippen LogP contribution >= 0.6 is 11.6 Å². The van der Waals surface area contributed by atoms with Crippen molar-refractivity contribution in [2.45, 2.75) is 24.7 Å². The Labute approximate surface area is 157 Å². The van der Waals surface area contributed by atoms with E-state index in [9.17, 15) is 0 Å². The molecule has 0 bridgehead atoms. The summed E-state index contributed by atoms with van der Waals surface area (Å²) in [6, 6.07) is 10.8. The number of morpholine rings is 1. The average molecular weight is 369 g/mol. The van der Waals surface area contributed by atoms with Gasteiger partial charge in [-0.3, -0.25) is 0 Å². The summed E-state index contributed by atoms with van der Waals surface area (Å²) in [6.45, 7) is 3.51. The minimum absolute atomic E-state index is 0.0890. The topological polar surface area (TPSA) is 42.7 Å². The summed E-state index contributed by atoms with van der Waals surface area (Å²) in [4.78, 5) is 6.77. The number of ether oxygens (including phenoxy) is 1. The first kappa shape index (κ1) is 16.1. The fourth-order valence-electron chi connectivity index (χ4n) is 4.17. The lowest BCUT2D eigenvalue weighted by molar-refractivity contribution is 0.122. The van der Waals surface area contributed by atoms with E-state index in [-0.39, 0.29) is 5.41 Å². The van der Waals surface area contributed by atoms with Gasteiger partial charge in [0.2, 0.25) is 0 Å². The summed E-state index contributed by atoms with van der Waals surface area (Å²) in [6.07, 6.45) is 7.02. The molecule has 0 spiro atoms.